The Morgan fingerprint density at radius 2 is 1.72 bits per heavy atom. The van der Waals surface area contributed by atoms with Crippen LogP contribution in [0.25, 0.3) is 0 Å². The van der Waals surface area contributed by atoms with Gasteiger partial charge in [-0.3, -0.25) is 9.10 Å². The van der Waals surface area contributed by atoms with Gasteiger partial charge in [-0.15, -0.1) is 0 Å². The Balaban J connectivity index is 2.03. The van der Waals surface area contributed by atoms with E-state index < -0.39 is 10.0 Å². The predicted molar refractivity (Wildman–Crippen MR) is 131 cm³/mol. The Morgan fingerprint density at radius 1 is 1.06 bits per heavy atom. The quantitative estimate of drug-likeness (QED) is 0.524. The lowest BCUT2D eigenvalue weighted by molar-refractivity contribution is -0.122. The highest BCUT2D eigenvalue weighted by Crippen LogP contribution is 2.24. The van der Waals surface area contributed by atoms with Crippen LogP contribution in [0.4, 0.5) is 5.69 Å². The molecule has 176 valence electrons. The summed E-state index contributed by atoms with van der Waals surface area (Å²) in [5, 5.41) is 3.12. The van der Waals surface area contributed by atoms with Crippen molar-refractivity contribution in [2.24, 2.45) is 5.92 Å². The van der Waals surface area contributed by atoms with Crippen molar-refractivity contribution in [3.8, 4) is 5.75 Å². The average Bonchev–Trinajstić information content (AvgIpc) is 2.72. The number of carbonyl (C=O) groups is 1. The summed E-state index contributed by atoms with van der Waals surface area (Å²) in [6.07, 6.45) is 2.70. The van der Waals surface area contributed by atoms with Crippen LogP contribution >= 0.6 is 0 Å². The highest BCUT2D eigenvalue weighted by Gasteiger charge is 2.20. The molecular formula is C25H36N2O4S. The van der Waals surface area contributed by atoms with E-state index in [1.54, 1.807) is 7.11 Å². The van der Waals surface area contributed by atoms with Crippen LogP contribution in [0.1, 0.15) is 55.8 Å². The monoisotopic (exact) mass is 460 g/mol. The molecule has 32 heavy (non-hydrogen) atoms. The summed E-state index contributed by atoms with van der Waals surface area (Å²) in [5.74, 6) is 1.10. The molecule has 0 aliphatic heterocycles. The maximum absolute atomic E-state index is 12.7. The van der Waals surface area contributed by atoms with Gasteiger partial charge in [0.2, 0.25) is 15.9 Å². The first-order chi connectivity index (χ1) is 15.0. The van der Waals surface area contributed by atoms with Crippen molar-refractivity contribution in [2.45, 2.75) is 53.0 Å². The van der Waals surface area contributed by atoms with E-state index in [9.17, 15) is 13.2 Å². The fraction of sp³-hybridized carbons (Fsp3) is 0.480. The lowest BCUT2D eigenvalue weighted by Crippen LogP contribution is -2.33. The van der Waals surface area contributed by atoms with Gasteiger partial charge in [0.25, 0.3) is 0 Å². The molecule has 0 bridgehead atoms. The van der Waals surface area contributed by atoms with Crippen LogP contribution < -0.4 is 14.4 Å². The molecule has 0 unspecified atom stereocenters. The fourth-order valence-corrected chi connectivity index (χ4v) is 4.56. The summed E-state index contributed by atoms with van der Waals surface area (Å²) >= 11 is 0. The molecule has 0 aliphatic carbocycles. The maximum atomic E-state index is 12.7. The molecule has 2 rings (SSSR count). The molecule has 2 aromatic carbocycles. The molecule has 0 heterocycles. The number of nitrogens with zero attached hydrogens (tertiary/aromatic N) is 1. The standard InChI is InChI=1S/C25H36N2O4S/c1-18(2)16-24(21-10-13-23(31-5)14-11-21)26-25(28)8-7-15-27(32(6,29)30)22-12-9-19(3)20(4)17-22/h9-14,17-18,24H,7-8,15-16H2,1-6H3,(H,26,28)/t24-/m0/s1. The third kappa shape index (κ3) is 7.55. The summed E-state index contributed by atoms with van der Waals surface area (Å²) in [4.78, 5) is 12.7. The van der Waals surface area contributed by atoms with Gasteiger partial charge >= 0.3 is 0 Å². The lowest BCUT2D eigenvalue weighted by Gasteiger charge is -2.24. The molecule has 1 atom stereocenters. The van der Waals surface area contributed by atoms with Crippen molar-refractivity contribution in [1.82, 2.24) is 5.32 Å². The molecule has 1 N–H and O–H groups in total. The van der Waals surface area contributed by atoms with Gasteiger partial charge < -0.3 is 10.1 Å². The fourth-order valence-electron chi connectivity index (χ4n) is 3.60. The van der Waals surface area contributed by atoms with Crippen LogP contribution in [0.5, 0.6) is 5.75 Å². The Kier molecular flexibility index (Phi) is 9.13. The summed E-state index contributed by atoms with van der Waals surface area (Å²) < 4.78 is 31.3. The van der Waals surface area contributed by atoms with Gasteiger partial charge in [0.05, 0.1) is 25.1 Å². The number of nitrogens with one attached hydrogen (secondary N) is 1. The SMILES string of the molecule is COc1ccc([C@H](CC(C)C)NC(=O)CCCN(c2ccc(C)c(C)c2)S(C)(=O)=O)cc1. The number of aryl methyl sites for hydroxylation is 2. The number of anilines is 1. The second-order valence-electron chi connectivity index (χ2n) is 8.73. The first kappa shape index (κ1) is 25.7. The zero-order valence-electron chi connectivity index (χ0n) is 20.0. The topological polar surface area (TPSA) is 75.7 Å². The zero-order valence-corrected chi connectivity index (χ0v) is 20.8. The van der Waals surface area contributed by atoms with Crippen molar-refractivity contribution in [2.75, 3.05) is 24.2 Å². The third-order valence-electron chi connectivity index (χ3n) is 5.50. The van der Waals surface area contributed by atoms with E-state index in [4.69, 9.17) is 4.74 Å². The van der Waals surface area contributed by atoms with E-state index in [0.29, 0.717) is 18.0 Å². The van der Waals surface area contributed by atoms with Crippen molar-refractivity contribution < 1.29 is 17.9 Å². The van der Waals surface area contributed by atoms with Crippen LogP contribution in [0.15, 0.2) is 42.5 Å². The number of amides is 1. The van der Waals surface area contributed by atoms with Gasteiger partial charge in [0.15, 0.2) is 0 Å². The molecular weight excluding hydrogens is 424 g/mol. The van der Waals surface area contributed by atoms with Crippen molar-refractivity contribution in [3.05, 3.63) is 59.2 Å². The summed E-state index contributed by atoms with van der Waals surface area (Å²) in [7, 11) is -1.82. The van der Waals surface area contributed by atoms with Crippen LogP contribution in [0, 0.1) is 19.8 Å². The molecule has 1 amide bonds. The van der Waals surface area contributed by atoms with Gasteiger partial charge in [0, 0.05) is 13.0 Å². The minimum absolute atomic E-state index is 0.0833. The van der Waals surface area contributed by atoms with Gasteiger partial charge in [-0.05, 0) is 73.6 Å². The van der Waals surface area contributed by atoms with Crippen LogP contribution in [-0.2, 0) is 14.8 Å². The highest BCUT2D eigenvalue weighted by molar-refractivity contribution is 7.92. The smallest absolute Gasteiger partial charge is 0.232 e. The number of ether oxygens (including phenoxy) is 1. The van der Waals surface area contributed by atoms with Gasteiger partial charge in [-0.25, -0.2) is 8.42 Å². The number of sulfonamides is 1. The van der Waals surface area contributed by atoms with Crippen LogP contribution in [-0.4, -0.2) is 34.2 Å². The van der Waals surface area contributed by atoms with Crippen molar-refractivity contribution in [1.29, 1.82) is 0 Å². The Labute approximate surface area is 193 Å². The summed E-state index contributed by atoms with van der Waals surface area (Å²) in [6, 6.07) is 13.2. The predicted octanol–water partition coefficient (Wildman–Crippen LogP) is 4.76. The number of rotatable bonds is 11. The minimum atomic E-state index is -3.44. The molecule has 0 spiro atoms. The van der Waals surface area contributed by atoms with E-state index in [2.05, 4.69) is 19.2 Å². The van der Waals surface area contributed by atoms with Crippen LogP contribution in [0.2, 0.25) is 0 Å². The van der Waals surface area contributed by atoms with Crippen LogP contribution in [0.3, 0.4) is 0 Å². The van der Waals surface area contributed by atoms with E-state index >= 15 is 0 Å². The molecule has 0 saturated carbocycles. The number of benzene rings is 2. The average molecular weight is 461 g/mol. The maximum Gasteiger partial charge on any atom is 0.232 e. The molecule has 7 heteroatoms. The molecule has 0 aromatic heterocycles. The van der Waals surface area contributed by atoms with Gasteiger partial charge in [-0.2, -0.15) is 0 Å². The van der Waals surface area contributed by atoms with E-state index in [0.717, 1.165) is 28.9 Å². The highest BCUT2D eigenvalue weighted by atomic mass is 32.2. The minimum Gasteiger partial charge on any atom is -0.497 e. The number of carbonyl (C=O) groups excluding carboxylic acids is 1. The van der Waals surface area contributed by atoms with Gasteiger partial charge in [0.1, 0.15) is 5.75 Å². The summed E-state index contributed by atoms with van der Waals surface area (Å²) in [5.41, 5.74) is 3.80. The first-order valence-corrected chi connectivity index (χ1v) is 12.8. The lowest BCUT2D eigenvalue weighted by atomic mass is 9.96. The molecule has 0 saturated heterocycles. The third-order valence-corrected chi connectivity index (χ3v) is 6.70. The molecule has 6 nitrogen and oxygen atoms in total. The van der Waals surface area contributed by atoms with Gasteiger partial charge in [-0.1, -0.05) is 32.0 Å². The van der Waals surface area contributed by atoms with E-state index in [1.807, 2.05) is 56.3 Å². The number of methoxy groups -OCH3 is 1. The summed E-state index contributed by atoms with van der Waals surface area (Å²) in [6.45, 7) is 8.45. The van der Waals surface area contributed by atoms with Crippen molar-refractivity contribution >= 4 is 21.6 Å². The van der Waals surface area contributed by atoms with Crippen molar-refractivity contribution in [3.63, 3.8) is 0 Å². The first-order valence-electron chi connectivity index (χ1n) is 11.0. The second kappa shape index (κ2) is 11.4. The Hall–Kier alpha value is -2.54. The zero-order chi connectivity index (χ0) is 23.9. The molecule has 0 radical (unpaired) electrons. The normalized spacial score (nSPS) is 12.5. The van der Waals surface area contributed by atoms with E-state index in [-0.39, 0.29) is 24.9 Å². The Morgan fingerprint density at radius 3 is 2.25 bits per heavy atom. The largest absolute Gasteiger partial charge is 0.497 e. The molecule has 0 aliphatic rings. The molecule has 2 aromatic rings. The second-order valence-corrected chi connectivity index (χ2v) is 10.6. The molecule has 0 fully saturated rings. The van der Waals surface area contributed by atoms with E-state index in [1.165, 1.54) is 10.6 Å². The Bertz CT molecular complexity index is 1000. The number of hydrogen-bond acceptors (Lipinski definition) is 4. The number of hydrogen-bond donors (Lipinski definition) is 1.